The molecular weight excluding hydrogens is 400 g/mol. The van der Waals surface area contributed by atoms with Crippen molar-refractivity contribution in [3.05, 3.63) is 59.1 Å². The van der Waals surface area contributed by atoms with Crippen molar-refractivity contribution in [2.24, 2.45) is 5.92 Å². The number of benzene rings is 2. The standard InChI is InChI=1S/C20H25ClN2O4S/c1-14(2)12-22-28(25,26)17-9-10-19(18(21)11-17)27-13-20(24)23-15(3)16-7-5-4-6-8-16/h4-11,14-15,22H,12-13H2,1-3H3,(H,23,24). The summed E-state index contributed by atoms with van der Waals surface area (Å²) in [6, 6.07) is 13.6. The normalized spacial score (nSPS) is 12.6. The smallest absolute Gasteiger partial charge is 0.258 e. The van der Waals surface area contributed by atoms with Crippen LogP contribution in [0.1, 0.15) is 32.4 Å². The lowest BCUT2D eigenvalue weighted by Crippen LogP contribution is -2.31. The molecule has 0 heterocycles. The first kappa shape index (κ1) is 22.2. The van der Waals surface area contributed by atoms with Crippen LogP contribution in [0, 0.1) is 5.92 Å². The van der Waals surface area contributed by atoms with Crippen LogP contribution in [0.4, 0.5) is 0 Å². The summed E-state index contributed by atoms with van der Waals surface area (Å²) in [6.45, 7) is 5.81. The molecule has 0 saturated carbocycles. The van der Waals surface area contributed by atoms with Gasteiger partial charge in [0.15, 0.2) is 6.61 Å². The number of sulfonamides is 1. The number of halogens is 1. The molecule has 0 aliphatic rings. The molecule has 0 aromatic heterocycles. The van der Waals surface area contributed by atoms with Crippen molar-refractivity contribution < 1.29 is 17.9 Å². The Morgan fingerprint density at radius 2 is 1.79 bits per heavy atom. The number of nitrogens with one attached hydrogen (secondary N) is 2. The number of hydrogen-bond acceptors (Lipinski definition) is 4. The zero-order chi connectivity index (χ0) is 20.7. The summed E-state index contributed by atoms with van der Waals surface area (Å²) in [4.78, 5) is 12.2. The molecule has 2 aromatic rings. The molecule has 0 radical (unpaired) electrons. The molecule has 8 heteroatoms. The van der Waals surface area contributed by atoms with E-state index < -0.39 is 10.0 Å². The van der Waals surface area contributed by atoms with Crippen molar-refractivity contribution in [1.82, 2.24) is 10.0 Å². The van der Waals surface area contributed by atoms with E-state index in [-0.39, 0.29) is 40.1 Å². The average molecular weight is 425 g/mol. The topological polar surface area (TPSA) is 84.5 Å². The third-order valence-electron chi connectivity index (χ3n) is 3.93. The molecule has 28 heavy (non-hydrogen) atoms. The fourth-order valence-electron chi connectivity index (χ4n) is 2.38. The van der Waals surface area contributed by atoms with Crippen LogP contribution in [0.25, 0.3) is 0 Å². The van der Waals surface area contributed by atoms with Gasteiger partial charge in [0.05, 0.1) is 16.0 Å². The maximum atomic E-state index is 12.2. The first-order chi connectivity index (χ1) is 13.2. The molecule has 0 spiro atoms. The van der Waals surface area contributed by atoms with Crippen molar-refractivity contribution in [3.63, 3.8) is 0 Å². The number of ether oxygens (including phenoxy) is 1. The monoisotopic (exact) mass is 424 g/mol. The Kier molecular flexibility index (Phi) is 7.86. The van der Waals surface area contributed by atoms with Crippen molar-refractivity contribution in [2.75, 3.05) is 13.2 Å². The Labute approximate surface area is 171 Å². The van der Waals surface area contributed by atoms with E-state index in [1.165, 1.54) is 18.2 Å². The van der Waals surface area contributed by atoms with Gasteiger partial charge in [0, 0.05) is 6.54 Å². The van der Waals surface area contributed by atoms with Gasteiger partial charge >= 0.3 is 0 Å². The van der Waals surface area contributed by atoms with Crippen LogP contribution < -0.4 is 14.8 Å². The Morgan fingerprint density at radius 1 is 1.11 bits per heavy atom. The van der Waals surface area contributed by atoms with E-state index in [0.717, 1.165) is 5.56 Å². The first-order valence-corrected chi connectivity index (χ1v) is 10.8. The maximum Gasteiger partial charge on any atom is 0.258 e. The lowest BCUT2D eigenvalue weighted by atomic mass is 10.1. The maximum absolute atomic E-state index is 12.2. The number of hydrogen-bond donors (Lipinski definition) is 2. The van der Waals surface area contributed by atoms with Crippen molar-refractivity contribution in [3.8, 4) is 5.75 Å². The summed E-state index contributed by atoms with van der Waals surface area (Å²) in [5.74, 6) is 0.124. The molecule has 6 nitrogen and oxygen atoms in total. The van der Waals surface area contributed by atoms with Crippen LogP contribution in [0.2, 0.25) is 5.02 Å². The highest BCUT2D eigenvalue weighted by Gasteiger charge is 2.17. The quantitative estimate of drug-likeness (QED) is 0.644. The highest BCUT2D eigenvalue weighted by atomic mass is 35.5. The summed E-state index contributed by atoms with van der Waals surface area (Å²) in [5, 5.41) is 2.96. The second kappa shape index (κ2) is 9.91. The van der Waals surface area contributed by atoms with E-state index in [0.29, 0.717) is 6.54 Å². The van der Waals surface area contributed by atoms with Crippen LogP contribution in [0.5, 0.6) is 5.75 Å². The van der Waals surface area contributed by atoms with Gasteiger partial charge in [-0.15, -0.1) is 0 Å². The van der Waals surface area contributed by atoms with Crippen molar-refractivity contribution >= 4 is 27.5 Å². The van der Waals surface area contributed by atoms with Gasteiger partial charge in [0.1, 0.15) is 5.75 Å². The van der Waals surface area contributed by atoms with E-state index in [1.54, 1.807) is 0 Å². The lowest BCUT2D eigenvalue weighted by molar-refractivity contribution is -0.123. The molecule has 1 unspecified atom stereocenters. The zero-order valence-corrected chi connectivity index (χ0v) is 17.7. The highest BCUT2D eigenvalue weighted by molar-refractivity contribution is 7.89. The molecule has 2 N–H and O–H groups in total. The van der Waals surface area contributed by atoms with Crippen molar-refractivity contribution in [2.45, 2.75) is 31.7 Å². The summed E-state index contributed by atoms with van der Waals surface area (Å²) in [7, 11) is -3.64. The summed E-state index contributed by atoms with van der Waals surface area (Å²) < 4.78 is 32.5. The minimum atomic E-state index is -3.64. The molecule has 0 fully saturated rings. The van der Waals surface area contributed by atoms with Gasteiger partial charge in [-0.2, -0.15) is 0 Å². The third-order valence-corrected chi connectivity index (χ3v) is 5.65. The van der Waals surface area contributed by atoms with Gasteiger partial charge in [-0.3, -0.25) is 4.79 Å². The van der Waals surface area contributed by atoms with Crippen molar-refractivity contribution in [1.29, 1.82) is 0 Å². The second-order valence-corrected chi connectivity index (χ2v) is 9.00. The number of rotatable bonds is 9. The van der Waals surface area contributed by atoms with Gasteiger partial charge in [-0.25, -0.2) is 13.1 Å². The molecule has 1 amide bonds. The Hall–Kier alpha value is -2.09. The van der Waals surface area contributed by atoms with E-state index in [9.17, 15) is 13.2 Å². The fourth-order valence-corrected chi connectivity index (χ4v) is 3.92. The van der Waals surface area contributed by atoms with Crippen LogP contribution in [-0.4, -0.2) is 27.5 Å². The molecule has 1 atom stereocenters. The third kappa shape index (κ3) is 6.51. The molecular formula is C20H25ClN2O4S. The van der Waals surface area contributed by atoms with Gasteiger partial charge in [-0.1, -0.05) is 55.8 Å². The highest BCUT2D eigenvalue weighted by Crippen LogP contribution is 2.27. The largest absolute Gasteiger partial charge is 0.482 e. The summed E-state index contributed by atoms with van der Waals surface area (Å²) in [6.07, 6.45) is 0. The molecule has 0 saturated heterocycles. The zero-order valence-electron chi connectivity index (χ0n) is 16.1. The Morgan fingerprint density at radius 3 is 2.39 bits per heavy atom. The van der Waals surface area contributed by atoms with Gasteiger partial charge in [0.2, 0.25) is 10.0 Å². The summed E-state index contributed by atoms with van der Waals surface area (Å²) in [5.41, 5.74) is 0.984. The van der Waals surface area contributed by atoms with Crippen LogP contribution >= 0.6 is 11.6 Å². The summed E-state index contributed by atoms with van der Waals surface area (Å²) >= 11 is 6.13. The van der Waals surface area contributed by atoms with Gasteiger partial charge in [-0.05, 0) is 36.6 Å². The van der Waals surface area contributed by atoms with E-state index in [2.05, 4.69) is 10.0 Å². The van der Waals surface area contributed by atoms with Gasteiger partial charge in [0.25, 0.3) is 5.91 Å². The minimum Gasteiger partial charge on any atom is -0.482 e. The van der Waals surface area contributed by atoms with Crippen LogP contribution in [0.15, 0.2) is 53.4 Å². The van der Waals surface area contributed by atoms with Crippen LogP contribution in [0.3, 0.4) is 0 Å². The Balaban J connectivity index is 1.95. The van der Waals surface area contributed by atoms with E-state index >= 15 is 0 Å². The predicted octanol–water partition coefficient (Wildman–Crippen LogP) is 3.53. The first-order valence-electron chi connectivity index (χ1n) is 8.95. The fraction of sp³-hybridized carbons (Fsp3) is 0.350. The molecule has 152 valence electrons. The van der Waals surface area contributed by atoms with Crippen LogP contribution in [-0.2, 0) is 14.8 Å². The number of carbonyl (C=O) groups excluding carboxylic acids is 1. The lowest BCUT2D eigenvalue weighted by Gasteiger charge is -2.15. The molecule has 2 aromatic carbocycles. The van der Waals surface area contributed by atoms with Gasteiger partial charge < -0.3 is 10.1 Å². The Bertz CT molecular complexity index is 902. The number of carbonyl (C=O) groups is 1. The van der Waals surface area contributed by atoms with E-state index in [4.69, 9.17) is 16.3 Å². The second-order valence-electron chi connectivity index (χ2n) is 6.83. The number of amides is 1. The SMILES string of the molecule is CC(C)CNS(=O)(=O)c1ccc(OCC(=O)NC(C)c2ccccc2)c(Cl)c1. The van der Waals surface area contributed by atoms with E-state index in [1.807, 2.05) is 51.1 Å². The molecule has 0 aliphatic carbocycles. The predicted molar refractivity (Wildman–Crippen MR) is 110 cm³/mol. The molecule has 0 aliphatic heterocycles. The molecule has 0 bridgehead atoms. The average Bonchev–Trinajstić information content (AvgIpc) is 2.66. The minimum absolute atomic E-state index is 0.0488. The molecule has 2 rings (SSSR count).